The lowest BCUT2D eigenvalue weighted by atomic mass is 9.81. The van der Waals surface area contributed by atoms with Crippen molar-refractivity contribution in [3.8, 4) is 0 Å². The highest BCUT2D eigenvalue weighted by Gasteiger charge is 2.51. The molecule has 1 aromatic carbocycles. The number of rotatable bonds is 3. The fraction of sp³-hybridized carbons (Fsp3) is 0.588. The number of nitrogens with zero attached hydrogens (tertiary/aromatic N) is 1. The SMILES string of the molecule is CCCN1C(=O)C2(CCCCC2)NC1c1cccc(Br)c1. The first-order valence-corrected chi connectivity index (χ1v) is 8.80. The highest BCUT2D eigenvalue weighted by atomic mass is 79.9. The van der Waals surface area contributed by atoms with Crippen molar-refractivity contribution in [2.24, 2.45) is 0 Å². The fourth-order valence-corrected chi connectivity index (χ4v) is 4.14. The molecule has 1 heterocycles. The quantitative estimate of drug-likeness (QED) is 0.893. The Bertz CT molecular complexity index is 525. The van der Waals surface area contributed by atoms with Gasteiger partial charge in [-0.25, -0.2) is 0 Å². The number of carbonyl (C=O) groups is 1. The molecule has 0 aromatic heterocycles. The molecule has 1 saturated carbocycles. The average molecular weight is 351 g/mol. The molecular weight excluding hydrogens is 328 g/mol. The average Bonchev–Trinajstić information content (AvgIpc) is 2.75. The Hall–Kier alpha value is -0.870. The molecule has 3 rings (SSSR count). The molecule has 2 fully saturated rings. The summed E-state index contributed by atoms with van der Waals surface area (Å²) in [5.41, 5.74) is 0.869. The molecule has 21 heavy (non-hydrogen) atoms. The van der Waals surface area contributed by atoms with Crippen LogP contribution in [-0.2, 0) is 4.79 Å². The van der Waals surface area contributed by atoms with E-state index in [2.05, 4.69) is 40.3 Å². The third kappa shape index (κ3) is 2.76. The van der Waals surface area contributed by atoms with Crippen LogP contribution in [0.4, 0.5) is 0 Å². The maximum Gasteiger partial charge on any atom is 0.244 e. The lowest BCUT2D eigenvalue weighted by Gasteiger charge is -2.31. The van der Waals surface area contributed by atoms with Crippen molar-refractivity contribution in [1.82, 2.24) is 10.2 Å². The van der Waals surface area contributed by atoms with E-state index in [-0.39, 0.29) is 11.7 Å². The molecule has 1 aliphatic heterocycles. The first kappa shape index (κ1) is 15.0. The van der Waals surface area contributed by atoms with Gasteiger partial charge in [0.15, 0.2) is 0 Å². The van der Waals surface area contributed by atoms with Gasteiger partial charge in [-0.15, -0.1) is 0 Å². The molecule has 0 radical (unpaired) electrons. The summed E-state index contributed by atoms with van der Waals surface area (Å²) in [4.78, 5) is 15.0. The number of nitrogens with one attached hydrogen (secondary N) is 1. The van der Waals surface area contributed by atoms with E-state index < -0.39 is 0 Å². The standard InChI is InChI=1S/C17H23BrN2O/c1-2-11-20-15(13-7-6-8-14(18)12-13)19-17(16(20)21)9-4-3-5-10-17/h6-8,12,15,19H,2-5,9-11H2,1H3. The second-order valence-corrected chi connectivity index (χ2v) is 7.16. The summed E-state index contributed by atoms with van der Waals surface area (Å²) in [5.74, 6) is 0.314. The van der Waals surface area contributed by atoms with Crippen molar-refractivity contribution in [2.75, 3.05) is 6.54 Å². The second kappa shape index (κ2) is 6.09. The molecule has 1 aliphatic carbocycles. The molecule has 114 valence electrons. The van der Waals surface area contributed by atoms with E-state index in [1.807, 2.05) is 17.0 Å². The van der Waals surface area contributed by atoms with Gasteiger partial charge in [-0.1, -0.05) is 54.2 Å². The van der Waals surface area contributed by atoms with Gasteiger partial charge in [-0.2, -0.15) is 0 Å². The molecule has 1 saturated heterocycles. The third-order valence-corrected chi connectivity index (χ3v) is 5.22. The van der Waals surface area contributed by atoms with Gasteiger partial charge in [0.25, 0.3) is 0 Å². The summed E-state index contributed by atoms with van der Waals surface area (Å²) < 4.78 is 1.07. The number of benzene rings is 1. The van der Waals surface area contributed by atoms with Crippen molar-refractivity contribution in [3.63, 3.8) is 0 Å². The molecule has 1 amide bonds. The predicted molar refractivity (Wildman–Crippen MR) is 87.8 cm³/mol. The molecule has 1 N–H and O–H groups in total. The lowest BCUT2D eigenvalue weighted by molar-refractivity contribution is -0.134. The molecule has 2 aliphatic rings. The maximum absolute atomic E-state index is 13.0. The molecule has 0 bridgehead atoms. The fourth-order valence-electron chi connectivity index (χ4n) is 3.72. The van der Waals surface area contributed by atoms with Gasteiger partial charge in [0.05, 0.1) is 5.54 Å². The Labute approximate surface area is 135 Å². The number of hydrogen-bond donors (Lipinski definition) is 1. The van der Waals surface area contributed by atoms with Gasteiger partial charge in [-0.05, 0) is 37.0 Å². The zero-order valence-corrected chi connectivity index (χ0v) is 14.2. The molecular formula is C17H23BrN2O. The summed E-state index contributed by atoms with van der Waals surface area (Å²) in [6.45, 7) is 2.96. The summed E-state index contributed by atoms with van der Waals surface area (Å²) in [6, 6.07) is 8.30. The first-order chi connectivity index (χ1) is 10.2. The van der Waals surface area contributed by atoms with Gasteiger partial charge in [-0.3, -0.25) is 10.1 Å². The van der Waals surface area contributed by atoms with Gasteiger partial charge < -0.3 is 4.90 Å². The number of hydrogen-bond acceptors (Lipinski definition) is 2. The van der Waals surface area contributed by atoms with Gasteiger partial charge in [0.2, 0.25) is 5.91 Å². The monoisotopic (exact) mass is 350 g/mol. The first-order valence-electron chi connectivity index (χ1n) is 8.00. The highest BCUT2D eigenvalue weighted by Crippen LogP contribution is 2.40. The van der Waals surface area contributed by atoms with Crippen LogP contribution in [0.15, 0.2) is 28.7 Å². The number of amides is 1. The Morgan fingerprint density at radius 2 is 2.10 bits per heavy atom. The smallest absolute Gasteiger partial charge is 0.244 e. The van der Waals surface area contributed by atoms with Crippen LogP contribution < -0.4 is 5.32 Å². The van der Waals surface area contributed by atoms with Crippen molar-refractivity contribution in [1.29, 1.82) is 0 Å². The predicted octanol–water partition coefficient (Wildman–Crippen LogP) is 3.99. The summed E-state index contributed by atoms with van der Waals surface area (Å²) in [6.07, 6.45) is 6.55. The minimum Gasteiger partial charge on any atom is -0.321 e. The third-order valence-electron chi connectivity index (χ3n) is 4.73. The van der Waals surface area contributed by atoms with E-state index in [0.717, 1.165) is 43.1 Å². The number of carbonyl (C=O) groups excluding carboxylic acids is 1. The highest BCUT2D eigenvalue weighted by molar-refractivity contribution is 9.10. The topological polar surface area (TPSA) is 32.3 Å². The van der Waals surface area contributed by atoms with Crippen LogP contribution in [0.5, 0.6) is 0 Å². The summed E-state index contributed by atoms with van der Waals surface area (Å²) >= 11 is 3.54. The zero-order valence-electron chi connectivity index (χ0n) is 12.6. The molecule has 3 nitrogen and oxygen atoms in total. The van der Waals surface area contributed by atoms with Gasteiger partial charge in [0.1, 0.15) is 6.17 Å². The van der Waals surface area contributed by atoms with Gasteiger partial charge in [0, 0.05) is 11.0 Å². The molecule has 1 spiro atoms. The van der Waals surface area contributed by atoms with E-state index in [1.54, 1.807) is 0 Å². The largest absolute Gasteiger partial charge is 0.321 e. The van der Waals surface area contributed by atoms with E-state index in [0.29, 0.717) is 5.91 Å². The molecule has 4 heteroatoms. The van der Waals surface area contributed by atoms with Gasteiger partial charge >= 0.3 is 0 Å². The van der Waals surface area contributed by atoms with Crippen LogP contribution in [0, 0.1) is 0 Å². The van der Waals surface area contributed by atoms with E-state index in [1.165, 1.54) is 12.0 Å². The lowest BCUT2D eigenvalue weighted by Crippen LogP contribution is -2.48. The molecule has 1 unspecified atom stereocenters. The summed E-state index contributed by atoms with van der Waals surface area (Å²) in [7, 11) is 0. The van der Waals surface area contributed by atoms with Crippen LogP contribution in [-0.4, -0.2) is 22.9 Å². The van der Waals surface area contributed by atoms with E-state index in [4.69, 9.17) is 0 Å². The van der Waals surface area contributed by atoms with Crippen LogP contribution in [0.25, 0.3) is 0 Å². The van der Waals surface area contributed by atoms with Crippen molar-refractivity contribution in [2.45, 2.75) is 57.2 Å². The molecule has 1 atom stereocenters. The number of halogens is 1. The van der Waals surface area contributed by atoms with Crippen molar-refractivity contribution >= 4 is 21.8 Å². The normalized spacial score (nSPS) is 24.8. The van der Waals surface area contributed by atoms with Crippen LogP contribution in [0.1, 0.15) is 57.2 Å². The van der Waals surface area contributed by atoms with Crippen LogP contribution >= 0.6 is 15.9 Å². The zero-order chi connectivity index (χ0) is 14.9. The van der Waals surface area contributed by atoms with E-state index >= 15 is 0 Å². The van der Waals surface area contributed by atoms with Crippen LogP contribution in [0.2, 0.25) is 0 Å². The Balaban J connectivity index is 1.93. The van der Waals surface area contributed by atoms with Crippen LogP contribution in [0.3, 0.4) is 0 Å². The van der Waals surface area contributed by atoms with Crippen molar-refractivity contribution in [3.05, 3.63) is 34.3 Å². The Kier molecular flexibility index (Phi) is 4.36. The minimum atomic E-state index is -0.305. The second-order valence-electron chi connectivity index (χ2n) is 6.24. The maximum atomic E-state index is 13.0. The Morgan fingerprint density at radius 1 is 1.33 bits per heavy atom. The minimum absolute atomic E-state index is 0.0213. The Morgan fingerprint density at radius 3 is 2.76 bits per heavy atom. The van der Waals surface area contributed by atoms with E-state index in [9.17, 15) is 4.79 Å². The van der Waals surface area contributed by atoms with Crippen molar-refractivity contribution < 1.29 is 4.79 Å². The summed E-state index contributed by atoms with van der Waals surface area (Å²) in [5, 5.41) is 3.69. The molecule has 1 aromatic rings.